The lowest BCUT2D eigenvalue weighted by Crippen LogP contribution is -2.13. The van der Waals surface area contributed by atoms with Crippen LogP contribution in [0.5, 0.6) is 0 Å². The molecule has 0 heterocycles. The Labute approximate surface area is 100 Å². The molecule has 0 spiro atoms. The number of benzene rings is 1. The third-order valence-corrected chi connectivity index (χ3v) is 2.95. The highest BCUT2D eigenvalue weighted by atomic mass is 79.9. The summed E-state index contributed by atoms with van der Waals surface area (Å²) in [5.74, 6) is -0.901. The maximum atomic E-state index is 10.5. The summed E-state index contributed by atoms with van der Waals surface area (Å²) in [6.07, 6.45) is 1.02. The van der Waals surface area contributed by atoms with Gasteiger partial charge in [-0.25, -0.2) is 0 Å². The third kappa shape index (κ3) is 3.62. The van der Waals surface area contributed by atoms with E-state index in [0.29, 0.717) is 12.8 Å². The minimum absolute atomic E-state index is 0.0392. The number of aliphatic carboxylic acids is 1. The predicted molar refractivity (Wildman–Crippen MR) is 61.8 cm³/mol. The molecular formula is C10H10BrNO4. The van der Waals surface area contributed by atoms with Gasteiger partial charge >= 0.3 is 5.97 Å². The molecule has 0 fully saturated rings. The van der Waals surface area contributed by atoms with Crippen molar-refractivity contribution < 1.29 is 14.8 Å². The van der Waals surface area contributed by atoms with Crippen molar-refractivity contribution in [1.82, 2.24) is 0 Å². The van der Waals surface area contributed by atoms with Crippen LogP contribution < -0.4 is 0 Å². The van der Waals surface area contributed by atoms with Gasteiger partial charge in [-0.3, -0.25) is 14.9 Å². The number of carboxylic acid groups (broad SMARTS) is 1. The first-order valence-corrected chi connectivity index (χ1v) is 5.52. The van der Waals surface area contributed by atoms with Gasteiger partial charge < -0.3 is 5.11 Å². The summed E-state index contributed by atoms with van der Waals surface area (Å²) in [7, 11) is 0. The smallest absolute Gasteiger partial charge is 0.317 e. The summed E-state index contributed by atoms with van der Waals surface area (Å²) in [4.78, 5) is 19.9. The zero-order valence-electron chi connectivity index (χ0n) is 8.30. The highest BCUT2D eigenvalue weighted by molar-refractivity contribution is 9.10. The first-order chi connectivity index (χ1) is 7.50. The van der Waals surface area contributed by atoms with Crippen LogP contribution in [-0.2, 0) is 11.2 Å². The van der Waals surface area contributed by atoms with Crippen LogP contribution in [0.15, 0.2) is 24.3 Å². The average Bonchev–Trinajstić information content (AvgIpc) is 2.26. The fourth-order valence-corrected chi connectivity index (χ4v) is 1.43. The van der Waals surface area contributed by atoms with Crippen LogP contribution in [0.3, 0.4) is 0 Å². The fraction of sp³-hybridized carbons (Fsp3) is 0.300. The number of hydrogen-bond acceptors (Lipinski definition) is 3. The van der Waals surface area contributed by atoms with Gasteiger partial charge in [-0.1, -0.05) is 28.1 Å². The van der Waals surface area contributed by atoms with E-state index in [4.69, 9.17) is 5.11 Å². The number of carboxylic acids is 1. The van der Waals surface area contributed by atoms with Crippen molar-refractivity contribution in [3.63, 3.8) is 0 Å². The van der Waals surface area contributed by atoms with Crippen molar-refractivity contribution in [3.8, 4) is 0 Å². The highest BCUT2D eigenvalue weighted by Gasteiger charge is 2.12. The second-order valence-corrected chi connectivity index (χ2v) is 4.37. The lowest BCUT2D eigenvalue weighted by Gasteiger charge is -2.04. The minimum Gasteiger partial charge on any atom is -0.480 e. The van der Waals surface area contributed by atoms with Gasteiger partial charge in [0.1, 0.15) is 4.83 Å². The van der Waals surface area contributed by atoms with Crippen molar-refractivity contribution >= 4 is 27.6 Å². The molecule has 1 rings (SSSR count). The molecule has 0 aliphatic rings. The molecule has 1 N–H and O–H groups in total. The molecular weight excluding hydrogens is 278 g/mol. The van der Waals surface area contributed by atoms with Gasteiger partial charge in [-0.15, -0.1) is 0 Å². The van der Waals surface area contributed by atoms with Crippen LogP contribution >= 0.6 is 15.9 Å². The molecule has 1 aromatic carbocycles. The second-order valence-electron chi connectivity index (χ2n) is 3.27. The number of halogens is 1. The second kappa shape index (κ2) is 5.60. The molecule has 0 aromatic heterocycles. The fourth-order valence-electron chi connectivity index (χ4n) is 1.20. The van der Waals surface area contributed by atoms with E-state index in [1.165, 1.54) is 12.1 Å². The first kappa shape index (κ1) is 12.6. The summed E-state index contributed by atoms with van der Waals surface area (Å²) in [5.41, 5.74) is 0.925. The van der Waals surface area contributed by atoms with Crippen LogP contribution in [0.2, 0.25) is 0 Å². The maximum absolute atomic E-state index is 10.5. The molecule has 86 valence electrons. The Hall–Kier alpha value is -1.43. The van der Waals surface area contributed by atoms with Gasteiger partial charge in [0.15, 0.2) is 0 Å². The van der Waals surface area contributed by atoms with Crippen molar-refractivity contribution in [1.29, 1.82) is 0 Å². The zero-order chi connectivity index (χ0) is 12.1. The molecule has 1 aromatic rings. The van der Waals surface area contributed by atoms with E-state index < -0.39 is 15.7 Å². The summed E-state index contributed by atoms with van der Waals surface area (Å²) in [6.45, 7) is 0. The Morgan fingerprint density at radius 2 is 2.00 bits per heavy atom. The molecule has 0 saturated carbocycles. The number of nitro groups is 1. The van der Waals surface area contributed by atoms with Gasteiger partial charge in [-0.2, -0.15) is 0 Å². The number of non-ortho nitro benzene ring substituents is 1. The van der Waals surface area contributed by atoms with Crippen molar-refractivity contribution in [3.05, 3.63) is 39.9 Å². The van der Waals surface area contributed by atoms with Crippen molar-refractivity contribution in [2.45, 2.75) is 17.7 Å². The molecule has 0 aliphatic carbocycles. The van der Waals surface area contributed by atoms with Gasteiger partial charge in [0.2, 0.25) is 0 Å². The van der Waals surface area contributed by atoms with Crippen LogP contribution in [0.1, 0.15) is 12.0 Å². The summed E-state index contributed by atoms with van der Waals surface area (Å²) >= 11 is 3.03. The number of aryl methyl sites for hydroxylation is 1. The molecule has 0 unspecified atom stereocenters. The molecule has 16 heavy (non-hydrogen) atoms. The topological polar surface area (TPSA) is 80.4 Å². The Morgan fingerprint density at radius 3 is 2.44 bits per heavy atom. The lowest BCUT2D eigenvalue weighted by atomic mass is 10.1. The largest absolute Gasteiger partial charge is 0.480 e. The van der Waals surface area contributed by atoms with E-state index >= 15 is 0 Å². The van der Waals surface area contributed by atoms with E-state index in [1.807, 2.05) is 0 Å². The van der Waals surface area contributed by atoms with Gasteiger partial charge in [0, 0.05) is 12.1 Å². The van der Waals surface area contributed by atoms with Crippen molar-refractivity contribution in [2.24, 2.45) is 0 Å². The van der Waals surface area contributed by atoms with Crippen LogP contribution in [0, 0.1) is 10.1 Å². The number of nitro benzene ring substituents is 1. The Morgan fingerprint density at radius 1 is 1.44 bits per heavy atom. The number of carbonyl (C=O) groups is 1. The molecule has 0 saturated heterocycles. The summed E-state index contributed by atoms with van der Waals surface area (Å²) in [5, 5.41) is 19.0. The molecule has 0 amide bonds. The summed E-state index contributed by atoms with van der Waals surface area (Å²) < 4.78 is 0. The minimum atomic E-state index is -0.901. The normalized spacial score (nSPS) is 12.1. The van der Waals surface area contributed by atoms with Gasteiger partial charge in [0.25, 0.3) is 5.69 Å². The molecule has 5 nitrogen and oxygen atoms in total. The number of rotatable bonds is 5. The third-order valence-electron chi connectivity index (χ3n) is 2.10. The van der Waals surface area contributed by atoms with Crippen LogP contribution in [0.4, 0.5) is 5.69 Å². The average molecular weight is 288 g/mol. The lowest BCUT2D eigenvalue weighted by molar-refractivity contribution is -0.384. The van der Waals surface area contributed by atoms with Gasteiger partial charge in [-0.05, 0) is 18.4 Å². The summed E-state index contributed by atoms with van der Waals surface area (Å²) in [6, 6.07) is 6.11. The Kier molecular flexibility index (Phi) is 4.42. The van der Waals surface area contributed by atoms with E-state index in [0.717, 1.165) is 5.56 Å². The molecule has 1 atom stereocenters. The molecule has 0 bridgehead atoms. The Balaban J connectivity index is 2.56. The SMILES string of the molecule is O=C(O)[C@@H](Br)CCc1ccc([N+](=O)[O-])cc1. The maximum Gasteiger partial charge on any atom is 0.317 e. The van der Waals surface area contributed by atoms with E-state index in [2.05, 4.69) is 15.9 Å². The number of hydrogen-bond donors (Lipinski definition) is 1. The monoisotopic (exact) mass is 287 g/mol. The first-order valence-electron chi connectivity index (χ1n) is 4.61. The molecule has 0 radical (unpaired) electrons. The van der Waals surface area contributed by atoms with Gasteiger partial charge in [0.05, 0.1) is 4.92 Å². The standard InChI is InChI=1S/C10H10BrNO4/c11-9(10(13)14)6-3-7-1-4-8(5-2-7)12(15)16/h1-2,4-5,9H,3,6H2,(H,13,14)/t9-/m0/s1. The van der Waals surface area contributed by atoms with Crippen LogP contribution in [0.25, 0.3) is 0 Å². The van der Waals surface area contributed by atoms with E-state index in [-0.39, 0.29) is 5.69 Å². The highest BCUT2D eigenvalue weighted by Crippen LogP contribution is 2.15. The zero-order valence-corrected chi connectivity index (χ0v) is 9.88. The Bertz CT molecular complexity index is 390. The van der Waals surface area contributed by atoms with Crippen LogP contribution in [-0.4, -0.2) is 20.8 Å². The quantitative estimate of drug-likeness (QED) is 0.512. The predicted octanol–water partition coefficient (Wildman–Crippen LogP) is 2.38. The van der Waals surface area contributed by atoms with E-state index in [1.54, 1.807) is 12.1 Å². The van der Waals surface area contributed by atoms with Crippen molar-refractivity contribution in [2.75, 3.05) is 0 Å². The van der Waals surface area contributed by atoms with E-state index in [9.17, 15) is 14.9 Å². The number of alkyl halides is 1. The number of nitrogens with zero attached hydrogens (tertiary/aromatic N) is 1. The molecule has 6 heteroatoms. The molecule has 0 aliphatic heterocycles.